The Kier molecular flexibility index (Phi) is 6.90. The Labute approximate surface area is 238 Å². The lowest BCUT2D eigenvalue weighted by Crippen LogP contribution is -2.11. The van der Waals surface area contributed by atoms with Crippen LogP contribution < -0.4 is 20.5 Å². The molecule has 0 aliphatic carbocycles. The first kappa shape index (κ1) is 25.5. The van der Waals surface area contributed by atoms with E-state index >= 15 is 0 Å². The Hall–Kier alpha value is -4.73. The highest BCUT2D eigenvalue weighted by Crippen LogP contribution is 2.46. The number of hydrogen-bond acceptors (Lipinski definition) is 8. The van der Waals surface area contributed by atoms with Gasteiger partial charge in [0, 0.05) is 33.0 Å². The van der Waals surface area contributed by atoms with E-state index in [1.807, 2.05) is 90.3 Å². The van der Waals surface area contributed by atoms with Crippen molar-refractivity contribution in [3.63, 3.8) is 0 Å². The molecule has 3 heterocycles. The Morgan fingerprint density at radius 3 is 2.20 bits per heavy atom. The van der Waals surface area contributed by atoms with Crippen LogP contribution in [-0.2, 0) is 0 Å². The Bertz CT molecular complexity index is 1830. The van der Waals surface area contributed by atoms with Gasteiger partial charge >= 0.3 is 0 Å². The van der Waals surface area contributed by atoms with Crippen LogP contribution in [0.1, 0.15) is 9.67 Å². The highest BCUT2D eigenvalue weighted by molar-refractivity contribution is 7.21. The summed E-state index contributed by atoms with van der Waals surface area (Å²) in [5, 5.41) is 6.02. The number of para-hydroxylation sites is 1. The number of nitrogens with zero attached hydrogens (tertiary/aromatic N) is 2. The van der Waals surface area contributed by atoms with Gasteiger partial charge in [-0.2, -0.15) is 0 Å². The van der Waals surface area contributed by atoms with E-state index in [9.17, 15) is 4.79 Å². The number of anilines is 2. The van der Waals surface area contributed by atoms with Gasteiger partial charge in [0.15, 0.2) is 16.6 Å². The molecule has 0 saturated carbocycles. The van der Waals surface area contributed by atoms with Crippen molar-refractivity contribution in [2.45, 2.75) is 0 Å². The molecule has 0 aliphatic rings. The topological polar surface area (TPSA) is 99.4 Å². The average molecular weight is 565 g/mol. The van der Waals surface area contributed by atoms with Gasteiger partial charge in [0.2, 0.25) is 0 Å². The zero-order valence-corrected chi connectivity index (χ0v) is 23.3. The monoisotopic (exact) mass is 564 g/mol. The third-order valence-electron chi connectivity index (χ3n) is 6.46. The molecule has 0 fully saturated rings. The SMILES string of the molecule is COc1cccc(-c2cc(-c3ccccc3)nc3sc(C(=O)Nc4nc(-c5ccccc5)cs4)c(N)c23)c1OC. The number of amides is 1. The van der Waals surface area contributed by atoms with E-state index in [1.54, 1.807) is 14.2 Å². The summed E-state index contributed by atoms with van der Waals surface area (Å²) >= 11 is 2.62. The van der Waals surface area contributed by atoms with E-state index < -0.39 is 0 Å². The van der Waals surface area contributed by atoms with Crippen LogP contribution in [0, 0.1) is 0 Å². The summed E-state index contributed by atoms with van der Waals surface area (Å²) in [5.41, 5.74) is 12.1. The number of nitrogen functional groups attached to an aromatic ring is 1. The van der Waals surface area contributed by atoms with Crippen LogP contribution in [0.4, 0.5) is 10.8 Å². The predicted octanol–water partition coefficient (Wildman–Crippen LogP) is 7.61. The Morgan fingerprint density at radius 2 is 1.52 bits per heavy atom. The molecule has 6 aromatic rings. The van der Waals surface area contributed by atoms with E-state index in [4.69, 9.17) is 20.2 Å². The fourth-order valence-corrected chi connectivity index (χ4v) is 6.31. The Balaban J connectivity index is 1.47. The lowest BCUT2D eigenvalue weighted by Gasteiger charge is -2.15. The van der Waals surface area contributed by atoms with Crippen molar-refractivity contribution in [2.75, 3.05) is 25.3 Å². The molecule has 40 heavy (non-hydrogen) atoms. The van der Waals surface area contributed by atoms with Gasteiger partial charge in [-0.15, -0.1) is 22.7 Å². The molecule has 6 rings (SSSR count). The molecule has 0 atom stereocenters. The summed E-state index contributed by atoms with van der Waals surface area (Å²) in [7, 11) is 3.20. The van der Waals surface area contributed by atoms with Crippen LogP contribution in [0.15, 0.2) is 90.3 Å². The fraction of sp³-hybridized carbons (Fsp3) is 0.0645. The predicted molar refractivity (Wildman–Crippen MR) is 164 cm³/mol. The van der Waals surface area contributed by atoms with Crippen molar-refractivity contribution in [3.05, 3.63) is 95.2 Å². The summed E-state index contributed by atoms with van der Waals surface area (Å²) in [6, 6.07) is 27.4. The number of rotatable bonds is 7. The molecular formula is C31H24N4O3S2. The van der Waals surface area contributed by atoms with E-state index in [1.165, 1.54) is 22.7 Å². The number of aromatic nitrogens is 2. The van der Waals surface area contributed by atoms with Gasteiger partial charge in [-0.25, -0.2) is 9.97 Å². The third-order valence-corrected chi connectivity index (χ3v) is 8.32. The van der Waals surface area contributed by atoms with Crippen molar-refractivity contribution in [1.29, 1.82) is 0 Å². The van der Waals surface area contributed by atoms with Crippen LogP contribution in [0.25, 0.3) is 43.9 Å². The van der Waals surface area contributed by atoms with Gasteiger partial charge in [-0.1, -0.05) is 72.8 Å². The zero-order chi connectivity index (χ0) is 27.6. The summed E-state index contributed by atoms with van der Waals surface area (Å²) in [6.45, 7) is 0. The number of fused-ring (bicyclic) bond motifs is 1. The minimum Gasteiger partial charge on any atom is -0.493 e. The van der Waals surface area contributed by atoms with E-state index in [0.717, 1.165) is 33.6 Å². The minimum atomic E-state index is -0.334. The van der Waals surface area contributed by atoms with Crippen molar-refractivity contribution >= 4 is 49.6 Å². The second kappa shape index (κ2) is 10.8. The highest BCUT2D eigenvalue weighted by atomic mass is 32.1. The largest absolute Gasteiger partial charge is 0.493 e. The molecule has 0 radical (unpaired) electrons. The van der Waals surface area contributed by atoms with Crippen LogP contribution in [0.5, 0.6) is 11.5 Å². The number of nitrogens with one attached hydrogen (secondary N) is 1. The number of hydrogen-bond donors (Lipinski definition) is 2. The minimum absolute atomic E-state index is 0.334. The number of thiazole rings is 1. The maximum Gasteiger partial charge on any atom is 0.269 e. The lowest BCUT2D eigenvalue weighted by atomic mass is 9.98. The molecule has 3 aromatic carbocycles. The summed E-state index contributed by atoms with van der Waals surface area (Å²) in [6.07, 6.45) is 0. The van der Waals surface area contributed by atoms with E-state index in [2.05, 4.69) is 10.3 Å². The van der Waals surface area contributed by atoms with E-state index in [-0.39, 0.29) is 5.91 Å². The van der Waals surface area contributed by atoms with Crippen molar-refractivity contribution in [1.82, 2.24) is 9.97 Å². The number of ether oxygens (including phenoxy) is 2. The van der Waals surface area contributed by atoms with Crippen molar-refractivity contribution in [2.24, 2.45) is 0 Å². The first-order valence-electron chi connectivity index (χ1n) is 12.4. The summed E-state index contributed by atoms with van der Waals surface area (Å²) in [5.74, 6) is 0.833. The van der Waals surface area contributed by atoms with Gasteiger partial charge < -0.3 is 15.2 Å². The smallest absolute Gasteiger partial charge is 0.269 e. The van der Waals surface area contributed by atoms with Gasteiger partial charge in [0.05, 0.1) is 31.3 Å². The quantitative estimate of drug-likeness (QED) is 0.207. The number of nitrogens with two attached hydrogens (primary N) is 1. The van der Waals surface area contributed by atoms with Crippen molar-refractivity contribution in [3.8, 4) is 45.1 Å². The summed E-state index contributed by atoms with van der Waals surface area (Å²) in [4.78, 5) is 24.0. The average Bonchev–Trinajstić information content (AvgIpc) is 3.61. The second-order valence-corrected chi connectivity index (χ2v) is 10.7. The molecule has 9 heteroatoms. The Morgan fingerprint density at radius 1 is 0.825 bits per heavy atom. The van der Waals surface area contributed by atoms with Crippen LogP contribution in [0.2, 0.25) is 0 Å². The molecule has 0 saturated heterocycles. The third kappa shape index (κ3) is 4.66. The van der Waals surface area contributed by atoms with Gasteiger partial charge in [0.1, 0.15) is 9.71 Å². The molecule has 198 valence electrons. The number of pyridine rings is 1. The standard InChI is InChI=1S/C31H24N4O3S2/c1-37-24-15-9-14-20(27(24)38-2)21-16-22(18-10-5-3-6-11-18)33-30-25(21)26(32)28(40-30)29(36)35-31-34-23(17-39-31)19-12-7-4-8-13-19/h3-17H,32H2,1-2H3,(H,34,35,36). The molecule has 7 nitrogen and oxygen atoms in total. The number of methoxy groups -OCH3 is 2. The molecular weight excluding hydrogens is 541 g/mol. The van der Waals surface area contributed by atoms with Crippen molar-refractivity contribution < 1.29 is 14.3 Å². The summed E-state index contributed by atoms with van der Waals surface area (Å²) < 4.78 is 11.3. The molecule has 0 spiro atoms. The molecule has 3 N–H and O–H groups in total. The molecule has 1 amide bonds. The van der Waals surface area contributed by atoms with E-state index in [0.29, 0.717) is 37.4 Å². The number of thiophene rings is 1. The number of carbonyl (C=O) groups excluding carboxylic acids is 1. The lowest BCUT2D eigenvalue weighted by molar-refractivity contribution is 0.103. The second-order valence-electron chi connectivity index (χ2n) is 8.85. The first-order valence-corrected chi connectivity index (χ1v) is 14.1. The van der Waals surface area contributed by atoms with Gasteiger partial charge in [0.25, 0.3) is 5.91 Å². The first-order chi connectivity index (χ1) is 19.6. The van der Waals surface area contributed by atoms with Crippen LogP contribution >= 0.6 is 22.7 Å². The maximum atomic E-state index is 13.5. The fourth-order valence-electron chi connectivity index (χ4n) is 4.58. The van der Waals surface area contributed by atoms with Crippen LogP contribution in [-0.4, -0.2) is 30.1 Å². The molecule has 0 aliphatic heterocycles. The molecule has 0 unspecified atom stereocenters. The van der Waals surface area contributed by atoms with Crippen LogP contribution in [0.3, 0.4) is 0 Å². The number of benzene rings is 3. The normalized spacial score (nSPS) is 10.9. The zero-order valence-electron chi connectivity index (χ0n) is 21.7. The molecule has 0 bridgehead atoms. The number of carbonyl (C=O) groups is 1. The van der Waals surface area contributed by atoms with Gasteiger partial charge in [-0.05, 0) is 12.1 Å². The molecule has 3 aromatic heterocycles. The maximum absolute atomic E-state index is 13.5. The highest BCUT2D eigenvalue weighted by Gasteiger charge is 2.24. The van der Waals surface area contributed by atoms with Gasteiger partial charge in [-0.3, -0.25) is 10.1 Å².